The first-order valence-corrected chi connectivity index (χ1v) is 6.96. The first-order chi connectivity index (χ1) is 8.65. The van der Waals surface area contributed by atoms with Crippen LogP contribution in [0, 0.1) is 0 Å². The van der Waals surface area contributed by atoms with Crippen molar-refractivity contribution < 1.29 is 4.79 Å². The van der Waals surface area contributed by atoms with E-state index < -0.39 is 0 Å². The van der Waals surface area contributed by atoms with Gasteiger partial charge in [0.25, 0.3) is 0 Å². The quantitative estimate of drug-likeness (QED) is 0.841. The van der Waals surface area contributed by atoms with Crippen LogP contribution >= 0.6 is 0 Å². The average Bonchev–Trinajstić information content (AvgIpc) is 2.95. The van der Waals surface area contributed by atoms with Gasteiger partial charge in [0.2, 0.25) is 0 Å². The van der Waals surface area contributed by atoms with Crippen LogP contribution < -0.4 is 5.73 Å². The highest BCUT2D eigenvalue weighted by molar-refractivity contribution is 5.80. The van der Waals surface area contributed by atoms with Gasteiger partial charge in [-0.2, -0.15) is 5.10 Å². The maximum atomic E-state index is 11.7. The molecule has 2 rings (SSSR count). The molecule has 1 heterocycles. The van der Waals surface area contributed by atoms with Crippen molar-refractivity contribution in [1.29, 1.82) is 0 Å². The second kappa shape index (κ2) is 6.14. The number of carbonyl (C=O) groups excluding carboxylic acids is 1. The summed E-state index contributed by atoms with van der Waals surface area (Å²) >= 11 is 0. The smallest absolute Gasteiger partial charge is 0.138 e. The number of hydrogen-bond acceptors (Lipinski definition) is 3. The number of hydrogen-bond donors (Lipinski definition) is 1. The van der Waals surface area contributed by atoms with Crippen LogP contribution in [0.5, 0.6) is 0 Å². The third kappa shape index (κ3) is 3.67. The Hall–Kier alpha value is -1.16. The third-order valence-electron chi connectivity index (χ3n) is 3.62. The molecule has 1 aromatic rings. The monoisotopic (exact) mass is 249 g/mol. The van der Waals surface area contributed by atoms with Crippen molar-refractivity contribution in [2.45, 2.75) is 64.0 Å². The first kappa shape index (κ1) is 13.3. The molecule has 18 heavy (non-hydrogen) atoms. The fraction of sp³-hybridized carbons (Fsp3) is 0.714. The van der Waals surface area contributed by atoms with E-state index in [1.807, 2.05) is 23.9 Å². The molecule has 2 N–H and O–H groups in total. The number of nitrogens with two attached hydrogens (primary N) is 1. The Balaban J connectivity index is 1.84. The fourth-order valence-corrected chi connectivity index (χ4v) is 2.52. The molecule has 1 atom stereocenters. The minimum Gasteiger partial charge on any atom is -0.328 e. The Morgan fingerprint density at radius 1 is 1.56 bits per heavy atom. The van der Waals surface area contributed by atoms with Crippen molar-refractivity contribution in [1.82, 2.24) is 9.78 Å². The van der Waals surface area contributed by atoms with Crippen molar-refractivity contribution in [3.8, 4) is 0 Å². The van der Waals surface area contributed by atoms with Crippen LogP contribution in [0.4, 0.5) is 0 Å². The summed E-state index contributed by atoms with van der Waals surface area (Å²) in [7, 11) is 0. The second-order valence-corrected chi connectivity index (χ2v) is 5.46. The normalized spacial score (nSPS) is 18.1. The fourth-order valence-electron chi connectivity index (χ4n) is 2.52. The molecule has 0 amide bonds. The molecule has 1 aliphatic carbocycles. The topological polar surface area (TPSA) is 60.9 Å². The summed E-state index contributed by atoms with van der Waals surface area (Å²) in [5.74, 6) is 0.240. The minimum absolute atomic E-state index is 0.102. The summed E-state index contributed by atoms with van der Waals surface area (Å²) < 4.78 is 2.04. The zero-order chi connectivity index (χ0) is 13.0. The van der Waals surface area contributed by atoms with E-state index in [1.165, 1.54) is 25.7 Å². The summed E-state index contributed by atoms with van der Waals surface area (Å²) in [5, 5.41) is 4.52. The van der Waals surface area contributed by atoms with Gasteiger partial charge in [-0.15, -0.1) is 0 Å². The molecule has 1 aliphatic rings. The zero-order valence-electron chi connectivity index (χ0n) is 11.1. The lowest BCUT2D eigenvalue weighted by Gasteiger charge is -2.08. The molecule has 4 heteroatoms. The van der Waals surface area contributed by atoms with E-state index in [9.17, 15) is 4.79 Å². The summed E-state index contributed by atoms with van der Waals surface area (Å²) in [6.07, 6.45) is 8.84. The van der Waals surface area contributed by atoms with Gasteiger partial charge in [-0.1, -0.05) is 12.8 Å². The van der Waals surface area contributed by atoms with E-state index >= 15 is 0 Å². The SMILES string of the molecule is CC(N)CCC(=O)Cc1ccn(C2CCCC2)n1. The number of carbonyl (C=O) groups is 1. The van der Waals surface area contributed by atoms with Gasteiger partial charge in [0.15, 0.2) is 0 Å². The highest BCUT2D eigenvalue weighted by Crippen LogP contribution is 2.28. The average molecular weight is 249 g/mol. The highest BCUT2D eigenvalue weighted by atomic mass is 16.1. The van der Waals surface area contributed by atoms with Gasteiger partial charge in [-0.25, -0.2) is 0 Å². The molecular formula is C14H23N3O. The summed E-state index contributed by atoms with van der Waals surface area (Å²) in [5.41, 5.74) is 6.55. The molecule has 0 saturated heterocycles. The van der Waals surface area contributed by atoms with Crippen LogP contribution in [-0.2, 0) is 11.2 Å². The van der Waals surface area contributed by atoms with Crippen molar-refractivity contribution in [2.24, 2.45) is 5.73 Å². The molecule has 1 fully saturated rings. The van der Waals surface area contributed by atoms with Crippen LogP contribution in [0.2, 0.25) is 0 Å². The maximum absolute atomic E-state index is 11.7. The molecule has 1 unspecified atom stereocenters. The molecule has 100 valence electrons. The van der Waals surface area contributed by atoms with Gasteiger partial charge in [-0.05, 0) is 32.3 Å². The number of rotatable bonds is 6. The van der Waals surface area contributed by atoms with E-state index in [0.717, 1.165) is 12.1 Å². The van der Waals surface area contributed by atoms with Crippen molar-refractivity contribution in [2.75, 3.05) is 0 Å². The predicted octanol–water partition coefficient (Wildman–Crippen LogP) is 2.24. The zero-order valence-corrected chi connectivity index (χ0v) is 11.1. The van der Waals surface area contributed by atoms with Crippen LogP contribution in [0.15, 0.2) is 12.3 Å². The largest absolute Gasteiger partial charge is 0.328 e. The molecule has 1 saturated carbocycles. The van der Waals surface area contributed by atoms with Gasteiger partial charge < -0.3 is 5.73 Å². The standard InChI is InChI=1S/C14H23N3O/c1-11(15)6-7-14(18)10-12-8-9-17(16-12)13-4-2-3-5-13/h8-9,11,13H,2-7,10,15H2,1H3. The lowest BCUT2D eigenvalue weighted by molar-refractivity contribution is -0.118. The molecule has 0 aromatic carbocycles. The Morgan fingerprint density at radius 2 is 2.28 bits per heavy atom. The molecule has 0 aliphatic heterocycles. The van der Waals surface area contributed by atoms with Gasteiger partial charge in [0, 0.05) is 18.7 Å². The Morgan fingerprint density at radius 3 is 2.94 bits per heavy atom. The third-order valence-corrected chi connectivity index (χ3v) is 3.62. The van der Waals surface area contributed by atoms with Gasteiger partial charge in [0.05, 0.1) is 18.2 Å². The predicted molar refractivity (Wildman–Crippen MR) is 71.3 cm³/mol. The number of Topliss-reactive ketones (excluding diaryl/α,β-unsaturated/α-hetero) is 1. The Bertz CT molecular complexity index is 391. The van der Waals surface area contributed by atoms with Crippen LogP contribution in [-0.4, -0.2) is 21.6 Å². The van der Waals surface area contributed by atoms with Crippen molar-refractivity contribution >= 4 is 5.78 Å². The van der Waals surface area contributed by atoms with Gasteiger partial charge in [0.1, 0.15) is 5.78 Å². The second-order valence-electron chi connectivity index (χ2n) is 5.46. The lowest BCUT2D eigenvalue weighted by atomic mass is 10.1. The number of nitrogens with zero attached hydrogens (tertiary/aromatic N) is 2. The van der Waals surface area contributed by atoms with Crippen LogP contribution in [0.3, 0.4) is 0 Å². The van der Waals surface area contributed by atoms with Crippen molar-refractivity contribution in [3.63, 3.8) is 0 Å². The summed E-state index contributed by atoms with van der Waals surface area (Å²) in [6.45, 7) is 1.93. The van der Waals surface area contributed by atoms with Gasteiger partial charge in [-0.3, -0.25) is 9.48 Å². The summed E-state index contributed by atoms with van der Waals surface area (Å²) in [4.78, 5) is 11.7. The molecule has 0 radical (unpaired) electrons. The number of aromatic nitrogens is 2. The molecule has 1 aromatic heterocycles. The van der Waals surface area contributed by atoms with Gasteiger partial charge >= 0.3 is 0 Å². The Labute approximate surface area is 109 Å². The first-order valence-electron chi connectivity index (χ1n) is 6.96. The van der Waals surface area contributed by atoms with E-state index in [1.54, 1.807) is 0 Å². The van der Waals surface area contributed by atoms with Crippen LogP contribution in [0.1, 0.15) is 57.2 Å². The minimum atomic E-state index is 0.102. The molecular weight excluding hydrogens is 226 g/mol. The van der Waals surface area contributed by atoms with Crippen LogP contribution in [0.25, 0.3) is 0 Å². The number of ketones is 1. The molecule has 0 bridgehead atoms. The van der Waals surface area contributed by atoms with E-state index in [4.69, 9.17) is 5.73 Å². The van der Waals surface area contributed by atoms with E-state index in [-0.39, 0.29) is 11.8 Å². The van der Waals surface area contributed by atoms with E-state index in [2.05, 4.69) is 5.10 Å². The lowest BCUT2D eigenvalue weighted by Crippen LogP contribution is -2.17. The molecule has 0 spiro atoms. The van der Waals surface area contributed by atoms with Crippen molar-refractivity contribution in [3.05, 3.63) is 18.0 Å². The Kier molecular flexibility index (Phi) is 4.53. The summed E-state index contributed by atoms with van der Waals surface area (Å²) in [6, 6.07) is 2.63. The van der Waals surface area contributed by atoms with E-state index in [0.29, 0.717) is 18.9 Å². The molecule has 4 nitrogen and oxygen atoms in total. The maximum Gasteiger partial charge on any atom is 0.138 e. The highest BCUT2D eigenvalue weighted by Gasteiger charge is 2.18.